The monoisotopic (exact) mass is 1020 g/mol. The quantitative estimate of drug-likeness (QED) is 0.0228. The van der Waals surface area contributed by atoms with E-state index < -0.39 is 67.3 Å². The second kappa shape index (κ2) is 47.8. The molecule has 408 valence electrons. The Morgan fingerprint density at radius 2 is 0.904 bits per heavy atom. The van der Waals surface area contributed by atoms with Crippen molar-refractivity contribution in [2.75, 3.05) is 13.2 Å². The highest BCUT2D eigenvalue weighted by atomic mass is 16.7. The maximum Gasteiger partial charge on any atom is 0.335 e. The van der Waals surface area contributed by atoms with Gasteiger partial charge in [0, 0.05) is 19.3 Å². The third-order valence-electron chi connectivity index (χ3n) is 11.2. The zero-order valence-corrected chi connectivity index (χ0v) is 44.6. The number of esters is 3. The summed E-state index contributed by atoms with van der Waals surface area (Å²) in [6, 6.07) is 0. The molecule has 0 radical (unpaired) electrons. The Labute approximate surface area is 439 Å². The molecule has 1 heterocycles. The first-order valence-electron chi connectivity index (χ1n) is 27.2. The Balaban J connectivity index is 2.81. The minimum atomic E-state index is -1.93. The van der Waals surface area contributed by atoms with Crippen molar-refractivity contribution in [3.8, 4) is 0 Å². The second-order valence-electron chi connectivity index (χ2n) is 17.7. The number of aliphatic carboxylic acids is 1. The standard InChI is InChI=1S/C61H92O12/c1-4-7-10-13-16-19-22-25-26-27-28-31-32-35-38-41-44-47-53(62)69-50-52(71-54(63)48-45-42-39-36-33-29-23-20-17-14-11-8-5-2)51-70-61-59(57(66)56(65)58(73-61)60(67)68)72-55(64)49-46-43-40-37-34-30-24-21-18-15-12-9-6-3/h7-8,10-12,15-17,19-21,24-26,28-29,31,33,35,38-39,42,52,56-59,61,65-66H,4-6,9,13-14,18,22-23,27,30,32,34,36-37,40-41,43-51H2,1-3H3,(H,67,68)/b10-7-,11-8-,15-12-,19-16-,20-17-,24-21-,26-25-,31-28-,33-29-,38-35-,42-39-. The van der Waals surface area contributed by atoms with E-state index in [4.69, 9.17) is 23.7 Å². The number of allylic oxidation sites excluding steroid dienone is 22. The highest BCUT2D eigenvalue weighted by Crippen LogP contribution is 2.26. The Kier molecular flexibility index (Phi) is 43.2. The molecule has 1 saturated heterocycles. The van der Waals surface area contributed by atoms with Crippen molar-refractivity contribution in [3.63, 3.8) is 0 Å². The van der Waals surface area contributed by atoms with Crippen LogP contribution in [-0.4, -0.2) is 89.2 Å². The van der Waals surface area contributed by atoms with E-state index in [9.17, 15) is 34.5 Å². The molecule has 0 aliphatic carbocycles. The van der Waals surface area contributed by atoms with Crippen LogP contribution in [0.25, 0.3) is 0 Å². The van der Waals surface area contributed by atoms with Gasteiger partial charge in [-0.05, 0) is 109 Å². The van der Waals surface area contributed by atoms with Crippen LogP contribution < -0.4 is 0 Å². The van der Waals surface area contributed by atoms with Crippen LogP contribution >= 0.6 is 0 Å². The molecule has 6 unspecified atom stereocenters. The molecule has 1 rings (SSSR count). The number of unbranched alkanes of at least 4 members (excludes halogenated alkanes) is 7. The number of ether oxygens (including phenoxy) is 5. The fourth-order valence-electron chi connectivity index (χ4n) is 7.10. The second-order valence-corrected chi connectivity index (χ2v) is 17.7. The molecule has 3 N–H and O–H groups in total. The van der Waals surface area contributed by atoms with Gasteiger partial charge in [0.05, 0.1) is 6.61 Å². The molecule has 0 aromatic heterocycles. The average Bonchev–Trinajstić information content (AvgIpc) is 3.37. The van der Waals surface area contributed by atoms with E-state index in [1.54, 1.807) is 0 Å². The number of aliphatic hydroxyl groups is 2. The minimum absolute atomic E-state index is 0.0200. The summed E-state index contributed by atoms with van der Waals surface area (Å²) in [6.45, 7) is 5.54. The summed E-state index contributed by atoms with van der Waals surface area (Å²) < 4.78 is 28.2. The Hall–Kier alpha value is -5.14. The van der Waals surface area contributed by atoms with Gasteiger partial charge >= 0.3 is 23.9 Å². The van der Waals surface area contributed by atoms with E-state index in [-0.39, 0.29) is 25.9 Å². The van der Waals surface area contributed by atoms with Crippen molar-refractivity contribution in [2.45, 2.75) is 212 Å². The van der Waals surface area contributed by atoms with E-state index in [0.29, 0.717) is 32.1 Å². The topological polar surface area (TPSA) is 175 Å². The maximum atomic E-state index is 13.1. The number of carboxylic acid groups (broad SMARTS) is 1. The molecule has 1 aliphatic rings. The van der Waals surface area contributed by atoms with Crippen LogP contribution in [0.2, 0.25) is 0 Å². The number of carbonyl (C=O) groups excluding carboxylic acids is 3. The minimum Gasteiger partial charge on any atom is -0.479 e. The Morgan fingerprint density at radius 1 is 0.466 bits per heavy atom. The van der Waals surface area contributed by atoms with Crippen LogP contribution in [0, 0.1) is 0 Å². The number of carboxylic acids is 1. The van der Waals surface area contributed by atoms with Gasteiger partial charge in [-0.25, -0.2) is 4.79 Å². The van der Waals surface area contributed by atoms with Crippen LogP contribution in [0.15, 0.2) is 134 Å². The lowest BCUT2D eigenvalue weighted by atomic mass is 9.98. The third kappa shape index (κ3) is 38.2. The van der Waals surface area contributed by atoms with Gasteiger partial charge in [-0.3, -0.25) is 14.4 Å². The first-order chi connectivity index (χ1) is 35.6. The molecule has 0 aromatic carbocycles. The highest BCUT2D eigenvalue weighted by Gasteiger charge is 2.50. The van der Waals surface area contributed by atoms with Crippen LogP contribution in [0.4, 0.5) is 0 Å². The van der Waals surface area contributed by atoms with Crippen molar-refractivity contribution in [1.29, 1.82) is 0 Å². The molecule has 0 saturated carbocycles. The van der Waals surface area contributed by atoms with E-state index in [1.807, 2.05) is 30.4 Å². The average molecular weight is 1020 g/mol. The van der Waals surface area contributed by atoms with Gasteiger partial charge in [0.1, 0.15) is 18.8 Å². The predicted molar refractivity (Wildman–Crippen MR) is 293 cm³/mol. The first kappa shape index (κ1) is 65.9. The van der Waals surface area contributed by atoms with Crippen LogP contribution in [-0.2, 0) is 42.9 Å². The van der Waals surface area contributed by atoms with E-state index in [0.717, 1.165) is 103 Å². The van der Waals surface area contributed by atoms with E-state index >= 15 is 0 Å². The Bertz CT molecular complexity index is 1780. The van der Waals surface area contributed by atoms with Gasteiger partial charge in [-0.1, -0.05) is 180 Å². The molecule has 0 aromatic rings. The smallest absolute Gasteiger partial charge is 0.335 e. The highest BCUT2D eigenvalue weighted by molar-refractivity contribution is 5.74. The van der Waals surface area contributed by atoms with Crippen LogP contribution in [0.1, 0.15) is 175 Å². The molecular weight excluding hydrogens is 925 g/mol. The lowest BCUT2D eigenvalue weighted by Gasteiger charge is -2.40. The number of aliphatic hydroxyl groups excluding tert-OH is 2. The van der Waals surface area contributed by atoms with Gasteiger partial charge in [-0.15, -0.1) is 0 Å². The summed E-state index contributed by atoms with van der Waals surface area (Å²) in [5.74, 6) is -3.36. The largest absolute Gasteiger partial charge is 0.479 e. The molecule has 6 atom stereocenters. The van der Waals surface area contributed by atoms with E-state index in [1.165, 1.54) is 0 Å². The molecule has 12 heteroatoms. The first-order valence-corrected chi connectivity index (χ1v) is 27.2. The summed E-state index contributed by atoms with van der Waals surface area (Å²) in [6.07, 6.45) is 54.6. The number of hydrogen-bond donors (Lipinski definition) is 3. The molecule has 73 heavy (non-hydrogen) atoms. The van der Waals surface area contributed by atoms with Gasteiger partial charge in [0.2, 0.25) is 0 Å². The van der Waals surface area contributed by atoms with Crippen LogP contribution in [0.5, 0.6) is 0 Å². The van der Waals surface area contributed by atoms with E-state index in [2.05, 4.69) is 124 Å². The number of rotatable bonds is 43. The summed E-state index contributed by atoms with van der Waals surface area (Å²) in [5.41, 5.74) is 0. The molecule has 1 aliphatic heterocycles. The van der Waals surface area contributed by atoms with Crippen molar-refractivity contribution in [3.05, 3.63) is 134 Å². The fourth-order valence-corrected chi connectivity index (χ4v) is 7.10. The van der Waals surface area contributed by atoms with Crippen molar-refractivity contribution in [1.82, 2.24) is 0 Å². The van der Waals surface area contributed by atoms with Gasteiger partial charge in [0.25, 0.3) is 0 Å². The van der Waals surface area contributed by atoms with Crippen molar-refractivity contribution >= 4 is 23.9 Å². The zero-order chi connectivity index (χ0) is 53.3. The number of hydrogen-bond acceptors (Lipinski definition) is 11. The maximum absolute atomic E-state index is 13.1. The van der Waals surface area contributed by atoms with Gasteiger partial charge < -0.3 is 39.0 Å². The lowest BCUT2D eigenvalue weighted by molar-refractivity contribution is -0.301. The molecular formula is C61H92O12. The van der Waals surface area contributed by atoms with Crippen molar-refractivity contribution in [2.24, 2.45) is 0 Å². The van der Waals surface area contributed by atoms with Crippen LogP contribution in [0.3, 0.4) is 0 Å². The van der Waals surface area contributed by atoms with Crippen molar-refractivity contribution < 1.29 is 58.2 Å². The zero-order valence-electron chi connectivity index (χ0n) is 44.6. The molecule has 0 spiro atoms. The molecule has 0 bridgehead atoms. The Morgan fingerprint density at radius 3 is 1.41 bits per heavy atom. The van der Waals surface area contributed by atoms with Gasteiger partial charge in [0.15, 0.2) is 24.6 Å². The SMILES string of the molecule is CC/C=C\C/C=C\C/C=C\C/C=C\C/C=C\CCCC(=O)OCC(COC1OC(C(=O)O)C(O)C(O)C1OC(=O)CCCCCCC/C=C\C/C=C\CCC)OC(=O)CC/C=C\C/C=C\C/C=C\C/C=C\CC. The fraction of sp³-hybridized carbons (Fsp3) is 0.574. The normalized spacial score (nSPS) is 19.4. The lowest BCUT2D eigenvalue weighted by Crippen LogP contribution is -2.61. The number of carbonyl (C=O) groups is 4. The molecule has 0 amide bonds. The van der Waals surface area contributed by atoms with Gasteiger partial charge in [-0.2, -0.15) is 0 Å². The predicted octanol–water partition coefficient (Wildman–Crippen LogP) is 13.4. The summed E-state index contributed by atoms with van der Waals surface area (Å²) in [4.78, 5) is 50.9. The summed E-state index contributed by atoms with van der Waals surface area (Å²) >= 11 is 0. The summed E-state index contributed by atoms with van der Waals surface area (Å²) in [5, 5.41) is 31.4. The molecule has 1 fully saturated rings. The molecule has 12 nitrogen and oxygen atoms in total. The summed E-state index contributed by atoms with van der Waals surface area (Å²) in [7, 11) is 0. The third-order valence-corrected chi connectivity index (χ3v) is 11.2.